The van der Waals surface area contributed by atoms with E-state index in [1.807, 2.05) is 45.5 Å². The molecule has 22 heavy (non-hydrogen) atoms. The Hall–Kier alpha value is -1.63. The van der Waals surface area contributed by atoms with E-state index in [4.69, 9.17) is 0 Å². The van der Waals surface area contributed by atoms with Crippen molar-refractivity contribution in [3.63, 3.8) is 0 Å². The lowest BCUT2D eigenvalue weighted by Gasteiger charge is -2.22. The molecule has 0 bridgehead atoms. The predicted molar refractivity (Wildman–Crippen MR) is 88.5 cm³/mol. The van der Waals surface area contributed by atoms with E-state index in [0.717, 1.165) is 28.1 Å². The Labute approximate surface area is 139 Å². The first kappa shape index (κ1) is 16.7. The van der Waals surface area contributed by atoms with Crippen LogP contribution in [-0.2, 0) is 17.9 Å². The molecule has 2 heterocycles. The van der Waals surface area contributed by atoms with Crippen LogP contribution >= 0.6 is 15.9 Å². The molecule has 0 aliphatic rings. The highest BCUT2D eigenvalue weighted by atomic mass is 79.9. The highest BCUT2D eigenvalue weighted by molar-refractivity contribution is 9.10. The van der Waals surface area contributed by atoms with Gasteiger partial charge in [0.25, 0.3) is 0 Å². The van der Waals surface area contributed by atoms with E-state index in [1.54, 1.807) is 15.8 Å². The zero-order valence-corrected chi connectivity index (χ0v) is 15.3. The molecule has 0 saturated heterocycles. The van der Waals surface area contributed by atoms with Crippen LogP contribution in [0, 0.1) is 13.8 Å². The number of nitrogens with zero attached hydrogens (tertiary/aromatic N) is 5. The van der Waals surface area contributed by atoms with Crippen molar-refractivity contribution >= 4 is 21.8 Å². The molecule has 0 aliphatic carbocycles. The van der Waals surface area contributed by atoms with Crippen molar-refractivity contribution in [1.29, 1.82) is 0 Å². The fourth-order valence-electron chi connectivity index (χ4n) is 2.54. The first-order valence-corrected chi connectivity index (χ1v) is 8.13. The first-order chi connectivity index (χ1) is 10.4. The molecule has 0 N–H and O–H groups in total. The number of aryl methyl sites for hydroxylation is 2. The highest BCUT2D eigenvalue weighted by Crippen LogP contribution is 2.23. The second-order valence-electron chi connectivity index (χ2n) is 5.44. The number of rotatable bonds is 5. The average Bonchev–Trinajstić information content (AvgIpc) is 3.05. The summed E-state index contributed by atoms with van der Waals surface area (Å²) in [5, 5.41) is 8.68. The maximum atomic E-state index is 12.7. The largest absolute Gasteiger partial charge is 0.338 e. The maximum absolute atomic E-state index is 12.7. The Bertz CT molecular complexity index is 676. The number of carbonyl (C=O) groups excluding carboxylic acids is 1. The van der Waals surface area contributed by atoms with E-state index in [2.05, 4.69) is 26.1 Å². The minimum absolute atomic E-state index is 0.0296. The molecule has 0 aromatic carbocycles. The second-order valence-corrected chi connectivity index (χ2v) is 6.23. The molecule has 0 fully saturated rings. The number of halogens is 1. The SMILES string of the molecule is CCn1nccc1CN(C)C(=O)C(C)n1nc(C)c(Br)c1C. The molecule has 0 radical (unpaired) electrons. The van der Waals surface area contributed by atoms with E-state index in [1.165, 1.54) is 0 Å². The minimum Gasteiger partial charge on any atom is -0.338 e. The Morgan fingerprint density at radius 2 is 2.14 bits per heavy atom. The molecule has 2 aromatic heterocycles. The summed E-state index contributed by atoms with van der Waals surface area (Å²) in [4.78, 5) is 14.4. The van der Waals surface area contributed by atoms with Crippen LogP contribution in [0.1, 0.15) is 37.0 Å². The third-order valence-corrected chi connectivity index (χ3v) is 4.99. The van der Waals surface area contributed by atoms with Gasteiger partial charge >= 0.3 is 0 Å². The molecule has 6 nitrogen and oxygen atoms in total. The van der Waals surface area contributed by atoms with Crippen molar-refractivity contribution in [2.24, 2.45) is 0 Å². The van der Waals surface area contributed by atoms with Gasteiger partial charge in [0.1, 0.15) is 6.04 Å². The topological polar surface area (TPSA) is 56.0 Å². The van der Waals surface area contributed by atoms with Gasteiger partial charge in [0.05, 0.1) is 28.1 Å². The van der Waals surface area contributed by atoms with Crippen LogP contribution in [0.5, 0.6) is 0 Å². The predicted octanol–water partition coefficient (Wildman–Crippen LogP) is 2.70. The molecule has 2 rings (SSSR count). The number of likely N-dealkylation sites (N-methyl/N-ethyl adjacent to an activating group) is 1. The van der Waals surface area contributed by atoms with Gasteiger partial charge in [-0.25, -0.2) is 0 Å². The quantitative estimate of drug-likeness (QED) is 0.816. The summed E-state index contributed by atoms with van der Waals surface area (Å²) < 4.78 is 4.63. The summed E-state index contributed by atoms with van der Waals surface area (Å²) in [7, 11) is 1.81. The lowest BCUT2D eigenvalue weighted by molar-refractivity contribution is -0.133. The van der Waals surface area contributed by atoms with Crippen molar-refractivity contribution in [1.82, 2.24) is 24.5 Å². The fraction of sp³-hybridized carbons (Fsp3) is 0.533. The van der Waals surface area contributed by atoms with Crippen molar-refractivity contribution in [2.45, 2.75) is 46.8 Å². The summed E-state index contributed by atoms with van der Waals surface area (Å²) in [6, 6.07) is 1.60. The number of amides is 1. The fourth-order valence-corrected chi connectivity index (χ4v) is 2.80. The molecule has 120 valence electrons. The lowest BCUT2D eigenvalue weighted by Crippen LogP contribution is -2.34. The minimum atomic E-state index is -0.340. The van der Waals surface area contributed by atoms with E-state index >= 15 is 0 Å². The Morgan fingerprint density at radius 1 is 1.45 bits per heavy atom. The van der Waals surface area contributed by atoms with Crippen LogP contribution in [0.2, 0.25) is 0 Å². The third-order valence-electron chi connectivity index (χ3n) is 3.84. The Morgan fingerprint density at radius 3 is 2.68 bits per heavy atom. The van der Waals surface area contributed by atoms with Crippen LogP contribution in [0.4, 0.5) is 0 Å². The van der Waals surface area contributed by atoms with Crippen LogP contribution in [0.3, 0.4) is 0 Å². The Kier molecular flexibility index (Phi) is 5.05. The van der Waals surface area contributed by atoms with Crippen molar-refractivity contribution in [3.05, 3.63) is 33.8 Å². The van der Waals surface area contributed by atoms with Gasteiger partial charge in [-0.15, -0.1) is 0 Å². The average molecular weight is 368 g/mol. The molecule has 1 atom stereocenters. The van der Waals surface area contributed by atoms with E-state index in [-0.39, 0.29) is 11.9 Å². The molecule has 0 spiro atoms. The second kappa shape index (κ2) is 6.64. The standard InChI is InChI=1S/C15H22BrN5O/c1-6-20-13(7-8-17-20)9-19(5)15(22)12(4)21-11(3)14(16)10(2)18-21/h7-8,12H,6,9H2,1-5H3. The first-order valence-electron chi connectivity index (χ1n) is 7.33. The molecule has 0 saturated carbocycles. The number of aromatic nitrogens is 4. The third kappa shape index (κ3) is 3.09. The van der Waals surface area contributed by atoms with Crippen LogP contribution < -0.4 is 0 Å². The van der Waals surface area contributed by atoms with Gasteiger partial charge in [-0.1, -0.05) is 0 Å². The lowest BCUT2D eigenvalue weighted by atomic mass is 10.2. The zero-order chi connectivity index (χ0) is 16.4. The van der Waals surface area contributed by atoms with Crippen LogP contribution in [0.25, 0.3) is 0 Å². The molecular weight excluding hydrogens is 346 g/mol. The molecule has 0 aliphatic heterocycles. The molecule has 7 heteroatoms. The number of carbonyl (C=O) groups is 1. The van der Waals surface area contributed by atoms with Gasteiger partial charge in [-0.05, 0) is 49.7 Å². The van der Waals surface area contributed by atoms with E-state index < -0.39 is 0 Å². The van der Waals surface area contributed by atoms with Crippen molar-refractivity contribution in [3.8, 4) is 0 Å². The number of hydrogen-bond donors (Lipinski definition) is 0. The summed E-state index contributed by atoms with van der Waals surface area (Å²) >= 11 is 3.50. The molecular formula is C15H22BrN5O. The van der Waals surface area contributed by atoms with E-state index in [9.17, 15) is 4.79 Å². The van der Waals surface area contributed by atoms with Crippen LogP contribution in [0.15, 0.2) is 16.7 Å². The summed E-state index contributed by atoms with van der Waals surface area (Å²) in [6.07, 6.45) is 1.76. The smallest absolute Gasteiger partial charge is 0.247 e. The monoisotopic (exact) mass is 367 g/mol. The maximum Gasteiger partial charge on any atom is 0.247 e. The Balaban J connectivity index is 2.14. The van der Waals surface area contributed by atoms with Crippen molar-refractivity contribution in [2.75, 3.05) is 7.05 Å². The van der Waals surface area contributed by atoms with Gasteiger partial charge in [0.2, 0.25) is 5.91 Å². The summed E-state index contributed by atoms with van der Waals surface area (Å²) in [5.74, 6) is 0.0296. The van der Waals surface area contributed by atoms with Crippen molar-refractivity contribution < 1.29 is 4.79 Å². The molecule has 1 amide bonds. The molecule has 1 unspecified atom stereocenters. The highest BCUT2D eigenvalue weighted by Gasteiger charge is 2.23. The summed E-state index contributed by atoms with van der Waals surface area (Å²) in [5.41, 5.74) is 2.88. The zero-order valence-electron chi connectivity index (χ0n) is 13.7. The van der Waals surface area contributed by atoms with Gasteiger partial charge in [0, 0.05) is 19.8 Å². The molecule has 2 aromatic rings. The van der Waals surface area contributed by atoms with E-state index in [0.29, 0.717) is 6.54 Å². The van der Waals surface area contributed by atoms with Crippen LogP contribution in [-0.4, -0.2) is 37.4 Å². The van der Waals surface area contributed by atoms with Gasteiger partial charge in [-0.3, -0.25) is 14.2 Å². The van der Waals surface area contributed by atoms with Gasteiger partial charge < -0.3 is 4.90 Å². The van der Waals surface area contributed by atoms with Gasteiger partial charge in [0.15, 0.2) is 0 Å². The van der Waals surface area contributed by atoms with Gasteiger partial charge in [-0.2, -0.15) is 10.2 Å². The normalized spacial score (nSPS) is 12.5. The summed E-state index contributed by atoms with van der Waals surface area (Å²) in [6.45, 7) is 9.13. The number of hydrogen-bond acceptors (Lipinski definition) is 3.